The number of carbonyl (C=O) groups excluding carboxylic acids is 1. The second-order valence-electron chi connectivity index (χ2n) is 7.06. The van der Waals surface area contributed by atoms with E-state index in [1.807, 2.05) is 12.1 Å². The van der Waals surface area contributed by atoms with E-state index in [-0.39, 0.29) is 11.5 Å². The molecular weight excluding hydrogens is 364 g/mol. The molecule has 1 amide bonds. The molecule has 2 aromatic rings. The van der Waals surface area contributed by atoms with Crippen molar-refractivity contribution in [3.05, 3.63) is 65.2 Å². The summed E-state index contributed by atoms with van der Waals surface area (Å²) in [5, 5.41) is 3.25. The van der Waals surface area contributed by atoms with Crippen molar-refractivity contribution in [1.29, 1.82) is 0 Å². The molecule has 0 radical (unpaired) electrons. The summed E-state index contributed by atoms with van der Waals surface area (Å²) in [7, 11) is 0. The number of carbonyl (C=O) groups is 1. The van der Waals surface area contributed by atoms with Gasteiger partial charge in [0.1, 0.15) is 17.8 Å². The fourth-order valence-corrected chi connectivity index (χ4v) is 3.78. The lowest BCUT2D eigenvalue weighted by atomic mass is 10.0. The summed E-state index contributed by atoms with van der Waals surface area (Å²) in [6, 6.07) is 10.7. The van der Waals surface area contributed by atoms with E-state index in [9.17, 15) is 13.6 Å². The van der Waals surface area contributed by atoms with E-state index in [2.05, 4.69) is 10.2 Å². The molecule has 0 saturated carbocycles. The second-order valence-corrected chi connectivity index (χ2v) is 7.06. The quantitative estimate of drug-likeness (QED) is 0.856. The average molecular weight is 387 g/mol. The van der Waals surface area contributed by atoms with Crippen LogP contribution in [-0.4, -0.2) is 55.1 Å². The summed E-state index contributed by atoms with van der Waals surface area (Å²) in [4.78, 5) is 17.1. The van der Waals surface area contributed by atoms with Crippen LogP contribution in [0.5, 0.6) is 0 Å². The van der Waals surface area contributed by atoms with Gasteiger partial charge in [0.2, 0.25) is 0 Å². The van der Waals surface area contributed by atoms with Gasteiger partial charge in [-0.25, -0.2) is 8.78 Å². The van der Waals surface area contributed by atoms with Crippen molar-refractivity contribution in [2.24, 2.45) is 0 Å². The lowest BCUT2D eigenvalue weighted by Crippen LogP contribution is -2.45. The van der Waals surface area contributed by atoms with Crippen LogP contribution in [-0.2, 0) is 4.74 Å². The van der Waals surface area contributed by atoms with Gasteiger partial charge >= 0.3 is 0 Å². The van der Waals surface area contributed by atoms with E-state index in [1.165, 1.54) is 12.1 Å². The van der Waals surface area contributed by atoms with Gasteiger partial charge in [-0.15, -0.1) is 0 Å². The Morgan fingerprint density at radius 2 is 1.86 bits per heavy atom. The number of rotatable bonds is 5. The first kappa shape index (κ1) is 18.8. The zero-order valence-electron chi connectivity index (χ0n) is 15.5. The SMILES string of the molecule is O=C1c2ccccc2N[C@@H](c2ccc(F)cc2F)N1CCCN1CCOCC1. The molecule has 0 spiro atoms. The summed E-state index contributed by atoms with van der Waals surface area (Å²) in [6.07, 6.45) is 0.0854. The molecule has 1 fully saturated rings. The predicted molar refractivity (Wildman–Crippen MR) is 102 cm³/mol. The number of ether oxygens (including phenoxy) is 1. The van der Waals surface area contributed by atoms with Crippen molar-refractivity contribution in [2.75, 3.05) is 44.7 Å². The maximum absolute atomic E-state index is 14.5. The fourth-order valence-electron chi connectivity index (χ4n) is 3.78. The van der Waals surface area contributed by atoms with Crippen LogP contribution >= 0.6 is 0 Å². The van der Waals surface area contributed by atoms with E-state index in [4.69, 9.17) is 4.74 Å². The first-order chi connectivity index (χ1) is 13.6. The molecule has 0 aliphatic carbocycles. The van der Waals surface area contributed by atoms with Crippen molar-refractivity contribution >= 4 is 11.6 Å². The third kappa shape index (κ3) is 3.86. The van der Waals surface area contributed by atoms with Crippen LogP contribution in [0.15, 0.2) is 42.5 Å². The number of nitrogens with one attached hydrogen (secondary N) is 1. The molecule has 2 aliphatic rings. The Morgan fingerprint density at radius 3 is 2.64 bits per heavy atom. The molecule has 2 aliphatic heterocycles. The standard InChI is InChI=1S/C21H23F2N3O2/c22-15-6-7-16(18(23)14-15)20-24-19-5-2-1-4-17(19)21(27)26(20)9-3-8-25-10-12-28-13-11-25/h1-2,4-7,14,20,24H,3,8-13H2/t20-/m1/s1. The van der Waals surface area contributed by atoms with Crippen LogP contribution in [0.3, 0.4) is 0 Å². The summed E-state index contributed by atoms with van der Waals surface area (Å²) in [5.41, 5.74) is 1.48. The van der Waals surface area contributed by atoms with Crippen LogP contribution in [0.2, 0.25) is 0 Å². The summed E-state index contributed by atoms with van der Waals surface area (Å²) < 4.78 is 33.2. The smallest absolute Gasteiger partial charge is 0.257 e. The van der Waals surface area contributed by atoms with Crippen molar-refractivity contribution in [3.8, 4) is 0 Å². The van der Waals surface area contributed by atoms with Gasteiger partial charge in [0.25, 0.3) is 5.91 Å². The molecule has 2 heterocycles. The van der Waals surface area contributed by atoms with Crippen LogP contribution in [0, 0.1) is 11.6 Å². The number of anilines is 1. The van der Waals surface area contributed by atoms with Crippen molar-refractivity contribution in [1.82, 2.24) is 9.80 Å². The number of morpholine rings is 1. The topological polar surface area (TPSA) is 44.8 Å². The zero-order chi connectivity index (χ0) is 19.5. The summed E-state index contributed by atoms with van der Waals surface area (Å²) in [5.74, 6) is -1.45. The number of hydrogen-bond donors (Lipinski definition) is 1. The molecule has 7 heteroatoms. The maximum Gasteiger partial charge on any atom is 0.257 e. The van der Waals surface area contributed by atoms with E-state index >= 15 is 0 Å². The lowest BCUT2D eigenvalue weighted by Gasteiger charge is -2.38. The van der Waals surface area contributed by atoms with Gasteiger partial charge < -0.3 is 15.0 Å². The minimum atomic E-state index is -0.673. The molecule has 1 atom stereocenters. The third-order valence-corrected chi connectivity index (χ3v) is 5.26. The van der Waals surface area contributed by atoms with Crippen LogP contribution in [0.1, 0.15) is 28.5 Å². The highest BCUT2D eigenvalue weighted by atomic mass is 19.1. The Hall–Kier alpha value is -2.51. The Balaban J connectivity index is 1.57. The highest BCUT2D eigenvalue weighted by molar-refractivity contribution is 6.01. The van der Waals surface area contributed by atoms with E-state index in [0.29, 0.717) is 17.8 Å². The van der Waals surface area contributed by atoms with Crippen molar-refractivity contribution in [2.45, 2.75) is 12.6 Å². The largest absolute Gasteiger partial charge is 0.379 e. The van der Waals surface area contributed by atoms with Gasteiger partial charge in [-0.3, -0.25) is 9.69 Å². The van der Waals surface area contributed by atoms with Gasteiger partial charge in [0, 0.05) is 43.5 Å². The first-order valence-electron chi connectivity index (χ1n) is 9.55. The molecule has 5 nitrogen and oxygen atoms in total. The van der Waals surface area contributed by atoms with Gasteiger partial charge in [-0.1, -0.05) is 12.1 Å². The third-order valence-electron chi connectivity index (χ3n) is 5.26. The maximum atomic E-state index is 14.5. The fraction of sp³-hybridized carbons (Fsp3) is 0.381. The number of benzene rings is 2. The van der Waals surface area contributed by atoms with Crippen LogP contribution < -0.4 is 5.32 Å². The number of halogens is 2. The highest BCUT2D eigenvalue weighted by Gasteiger charge is 2.34. The number of nitrogens with zero attached hydrogens (tertiary/aromatic N) is 2. The minimum absolute atomic E-state index is 0.148. The first-order valence-corrected chi connectivity index (χ1v) is 9.55. The molecule has 2 aromatic carbocycles. The Morgan fingerprint density at radius 1 is 1.07 bits per heavy atom. The average Bonchev–Trinajstić information content (AvgIpc) is 2.70. The van der Waals surface area contributed by atoms with Crippen molar-refractivity contribution in [3.63, 3.8) is 0 Å². The summed E-state index contributed by atoms with van der Waals surface area (Å²) in [6.45, 7) is 4.52. The molecule has 1 saturated heterocycles. The van der Waals surface area contributed by atoms with E-state index < -0.39 is 17.8 Å². The molecular formula is C21H23F2N3O2. The lowest BCUT2D eigenvalue weighted by molar-refractivity contribution is 0.0348. The zero-order valence-corrected chi connectivity index (χ0v) is 15.5. The molecule has 148 valence electrons. The van der Waals surface area contributed by atoms with Gasteiger partial charge in [-0.05, 0) is 30.7 Å². The predicted octanol–water partition coefficient (Wildman–Crippen LogP) is 3.25. The van der Waals surface area contributed by atoms with Crippen LogP contribution in [0.25, 0.3) is 0 Å². The molecule has 0 bridgehead atoms. The number of hydrogen-bond acceptors (Lipinski definition) is 4. The minimum Gasteiger partial charge on any atom is -0.379 e. The number of para-hydroxylation sites is 1. The number of fused-ring (bicyclic) bond motifs is 1. The normalized spacial score (nSPS) is 20.0. The highest BCUT2D eigenvalue weighted by Crippen LogP contribution is 2.34. The van der Waals surface area contributed by atoms with Crippen molar-refractivity contribution < 1.29 is 18.3 Å². The molecule has 1 N–H and O–H groups in total. The molecule has 28 heavy (non-hydrogen) atoms. The van der Waals surface area contributed by atoms with E-state index in [0.717, 1.165) is 45.3 Å². The Kier molecular flexibility index (Phi) is 5.54. The van der Waals surface area contributed by atoms with Gasteiger partial charge in [0.05, 0.1) is 18.8 Å². The number of amides is 1. The molecule has 0 aromatic heterocycles. The molecule has 4 rings (SSSR count). The summed E-state index contributed by atoms with van der Waals surface area (Å²) >= 11 is 0. The Labute approximate surface area is 162 Å². The van der Waals surface area contributed by atoms with Gasteiger partial charge in [-0.2, -0.15) is 0 Å². The van der Waals surface area contributed by atoms with Crippen LogP contribution in [0.4, 0.5) is 14.5 Å². The Bertz CT molecular complexity index is 855. The van der Waals surface area contributed by atoms with E-state index in [1.54, 1.807) is 17.0 Å². The molecule has 0 unspecified atom stereocenters. The van der Waals surface area contributed by atoms with Gasteiger partial charge in [0.15, 0.2) is 0 Å². The monoisotopic (exact) mass is 387 g/mol. The second kappa shape index (κ2) is 8.24.